The summed E-state index contributed by atoms with van der Waals surface area (Å²) < 4.78 is 10.3. The second-order valence-electron chi connectivity index (χ2n) is 4.45. The normalized spacial score (nSPS) is 9.83. The van der Waals surface area contributed by atoms with E-state index in [1.807, 2.05) is 0 Å². The molecule has 0 radical (unpaired) electrons. The Morgan fingerprint density at radius 2 is 1.52 bits per heavy atom. The van der Waals surface area contributed by atoms with E-state index in [9.17, 15) is 14.9 Å². The molecule has 2 amide bonds. The van der Waals surface area contributed by atoms with Gasteiger partial charge in [-0.3, -0.25) is 10.1 Å². The van der Waals surface area contributed by atoms with Crippen molar-refractivity contribution in [1.82, 2.24) is 0 Å². The summed E-state index contributed by atoms with van der Waals surface area (Å²) in [6.45, 7) is 0. The van der Waals surface area contributed by atoms with Crippen LogP contribution < -0.4 is 20.1 Å². The first-order valence-corrected chi connectivity index (χ1v) is 6.58. The molecule has 0 aliphatic rings. The largest absolute Gasteiger partial charge is 0.493 e. The van der Waals surface area contributed by atoms with Crippen LogP contribution in [-0.2, 0) is 0 Å². The van der Waals surface area contributed by atoms with Gasteiger partial charge in [0.15, 0.2) is 11.5 Å². The number of nitro benzene ring substituents is 1. The fourth-order valence-electron chi connectivity index (χ4n) is 1.87. The SMILES string of the molecule is COc1ccc(NC(=O)Nc2ccc([N+](=O)[O-])cc2)cc1OC. The Kier molecular flexibility index (Phi) is 4.98. The molecular formula is C15H15N3O5. The Hall–Kier alpha value is -3.29. The lowest BCUT2D eigenvalue weighted by molar-refractivity contribution is -0.384. The number of nitrogens with zero attached hydrogens (tertiary/aromatic N) is 1. The van der Waals surface area contributed by atoms with Crippen LogP contribution in [-0.4, -0.2) is 25.2 Å². The minimum absolute atomic E-state index is 0.0455. The molecule has 0 heterocycles. The molecule has 0 aromatic heterocycles. The monoisotopic (exact) mass is 317 g/mol. The van der Waals surface area contributed by atoms with E-state index in [2.05, 4.69) is 10.6 Å². The summed E-state index contributed by atoms with van der Waals surface area (Å²) in [6.07, 6.45) is 0. The smallest absolute Gasteiger partial charge is 0.323 e. The summed E-state index contributed by atoms with van der Waals surface area (Å²) in [5, 5.41) is 15.8. The maximum Gasteiger partial charge on any atom is 0.323 e. The molecule has 0 atom stereocenters. The Balaban J connectivity index is 2.03. The van der Waals surface area contributed by atoms with Crippen molar-refractivity contribution in [2.24, 2.45) is 0 Å². The van der Waals surface area contributed by atoms with Crippen LogP contribution in [0.2, 0.25) is 0 Å². The van der Waals surface area contributed by atoms with Gasteiger partial charge in [-0.15, -0.1) is 0 Å². The molecular weight excluding hydrogens is 302 g/mol. The predicted molar refractivity (Wildman–Crippen MR) is 85.3 cm³/mol. The Labute approximate surface area is 132 Å². The number of rotatable bonds is 5. The van der Waals surface area contributed by atoms with Gasteiger partial charge in [-0.2, -0.15) is 0 Å². The minimum atomic E-state index is -0.506. The number of carbonyl (C=O) groups is 1. The molecule has 0 aliphatic carbocycles. The van der Waals surface area contributed by atoms with Crippen LogP contribution in [0.15, 0.2) is 42.5 Å². The molecule has 0 fully saturated rings. The molecule has 8 nitrogen and oxygen atoms in total. The molecule has 0 unspecified atom stereocenters. The predicted octanol–water partition coefficient (Wildman–Crippen LogP) is 3.26. The van der Waals surface area contributed by atoms with Crippen LogP contribution in [0.3, 0.4) is 0 Å². The van der Waals surface area contributed by atoms with Crippen LogP contribution in [0.4, 0.5) is 21.9 Å². The number of carbonyl (C=O) groups excluding carboxylic acids is 1. The lowest BCUT2D eigenvalue weighted by Gasteiger charge is -2.11. The zero-order chi connectivity index (χ0) is 16.8. The third-order valence-electron chi connectivity index (χ3n) is 2.98. The Morgan fingerprint density at radius 1 is 0.957 bits per heavy atom. The van der Waals surface area contributed by atoms with Crippen molar-refractivity contribution in [2.45, 2.75) is 0 Å². The van der Waals surface area contributed by atoms with Crippen molar-refractivity contribution >= 4 is 23.1 Å². The van der Waals surface area contributed by atoms with E-state index >= 15 is 0 Å². The van der Waals surface area contributed by atoms with Gasteiger partial charge in [0, 0.05) is 29.6 Å². The number of benzene rings is 2. The zero-order valence-corrected chi connectivity index (χ0v) is 12.5. The highest BCUT2D eigenvalue weighted by Crippen LogP contribution is 2.29. The van der Waals surface area contributed by atoms with Crippen molar-refractivity contribution < 1.29 is 19.2 Å². The van der Waals surface area contributed by atoms with E-state index < -0.39 is 11.0 Å². The second kappa shape index (κ2) is 7.12. The van der Waals surface area contributed by atoms with Crippen molar-refractivity contribution in [3.8, 4) is 11.5 Å². The lowest BCUT2D eigenvalue weighted by atomic mass is 10.2. The maximum atomic E-state index is 11.9. The fraction of sp³-hybridized carbons (Fsp3) is 0.133. The van der Waals surface area contributed by atoms with E-state index in [0.717, 1.165) is 0 Å². The van der Waals surface area contributed by atoms with E-state index in [1.54, 1.807) is 18.2 Å². The minimum Gasteiger partial charge on any atom is -0.493 e. The van der Waals surface area contributed by atoms with Crippen LogP contribution in [0, 0.1) is 10.1 Å². The Morgan fingerprint density at radius 3 is 2.09 bits per heavy atom. The number of nitro groups is 1. The van der Waals surface area contributed by atoms with Gasteiger partial charge < -0.3 is 20.1 Å². The van der Waals surface area contributed by atoms with Crippen molar-refractivity contribution in [3.05, 3.63) is 52.6 Å². The molecule has 0 aliphatic heterocycles. The molecule has 120 valence electrons. The first kappa shape index (κ1) is 16.1. The second-order valence-corrected chi connectivity index (χ2v) is 4.45. The first-order valence-electron chi connectivity index (χ1n) is 6.58. The molecule has 0 saturated carbocycles. The average Bonchev–Trinajstić information content (AvgIpc) is 2.55. The molecule has 8 heteroatoms. The number of ether oxygens (including phenoxy) is 2. The van der Waals surface area contributed by atoms with E-state index in [1.165, 1.54) is 38.5 Å². The van der Waals surface area contributed by atoms with Crippen LogP contribution >= 0.6 is 0 Å². The summed E-state index contributed by atoms with van der Waals surface area (Å²) in [4.78, 5) is 22.0. The quantitative estimate of drug-likeness (QED) is 0.651. The number of hydrogen-bond acceptors (Lipinski definition) is 5. The highest BCUT2D eigenvalue weighted by atomic mass is 16.6. The third kappa shape index (κ3) is 4.10. The van der Waals surface area contributed by atoms with Gasteiger partial charge in [0.25, 0.3) is 5.69 Å². The van der Waals surface area contributed by atoms with E-state index in [0.29, 0.717) is 22.9 Å². The van der Waals surface area contributed by atoms with E-state index in [-0.39, 0.29) is 5.69 Å². The summed E-state index contributed by atoms with van der Waals surface area (Å²) in [5.41, 5.74) is 0.909. The molecule has 2 aromatic rings. The van der Waals surface area contributed by atoms with Gasteiger partial charge in [-0.05, 0) is 24.3 Å². The number of non-ortho nitro benzene ring substituents is 1. The van der Waals surface area contributed by atoms with Gasteiger partial charge in [-0.1, -0.05) is 0 Å². The van der Waals surface area contributed by atoms with Crippen LogP contribution in [0.5, 0.6) is 11.5 Å². The molecule has 0 saturated heterocycles. The fourth-order valence-corrected chi connectivity index (χ4v) is 1.87. The van der Waals surface area contributed by atoms with Gasteiger partial charge in [0.05, 0.1) is 19.1 Å². The number of urea groups is 1. The lowest BCUT2D eigenvalue weighted by Crippen LogP contribution is -2.19. The first-order chi connectivity index (χ1) is 11.0. The number of amides is 2. The Bertz CT molecular complexity index is 716. The number of nitrogens with one attached hydrogen (secondary N) is 2. The average molecular weight is 317 g/mol. The molecule has 2 aromatic carbocycles. The maximum absolute atomic E-state index is 11.9. The molecule has 2 N–H and O–H groups in total. The van der Waals surface area contributed by atoms with Crippen molar-refractivity contribution in [3.63, 3.8) is 0 Å². The summed E-state index contributed by atoms with van der Waals surface area (Å²) in [7, 11) is 3.02. The zero-order valence-electron chi connectivity index (χ0n) is 12.5. The van der Waals surface area contributed by atoms with Crippen molar-refractivity contribution in [2.75, 3.05) is 24.9 Å². The van der Waals surface area contributed by atoms with Crippen LogP contribution in [0.25, 0.3) is 0 Å². The van der Waals surface area contributed by atoms with Gasteiger partial charge >= 0.3 is 6.03 Å². The number of anilines is 2. The molecule has 0 bridgehead atoms. The van der Waals surface area contributed by atoms with Gasteiger partial charge in [-0.25, -0.2) is 4.79 Å². The topological polar surface area (TPSA) is 103 Å². The highest BCUT2D eigenvalue weighted by Gasteiger charge is 2.09. The highest BCUT2D eigenvalue weighted by molar-refractivity contribution is 6.00. The summed E-state index contributed by atoms with van der Waals surface area (Å²) in [6, 6.07) is 9.99. The molecule has 23 heavy (non-hydrogen) atoms. The molecule has 2 rings (SSSR count). The van der Waals surface area contributed by atoms with E-state index in [4.69, 9.17) is 9.47 Å². The van der Waals surface area contributed by atoms with Gasteiger partial charge in [0.1, 0.15) is 0 Å². The summed E-state index contributed by atoms with van der Waals surface area (Å²) in [5.74, 6) is 1.04. The number of methoxy groups -OCH3 is 2. The number of hydrogen-bond donors (Lipinski definition) is 2. The van der Waals surface area contributed by atoms with Crippen molar-refractivity contribution in [1.29, 1.82) is 0 Å². The third-order valence-corrected chi connectivity index (χ3v) is 2.98. The van der Waals surface area contributed by atoms with Gasteiger partial charge in [0.2, 0.25) is 0 Å². The standard InChI is InChI=1S/C15H15N3O5/c1-22-13-8-5-11(9-14(13)23-2)17-15(19)16-10-3-6-12(7-4-10)18(20)21/h3-9H,1-2H3,(H2,16,17,19). The van der Waals surface area contributed by atoms with Crippen LogP contribution in [0.1, 0.15) is 0 Å². The molecule has 0 spiro atoms. The summed E-state index contributed by atoms with van der Waals surface area (Å²) >= 11 is 0.